The number of benzene rings is 2. The molecule has 8 nitrogen and oxygen atoms in total. The van der Waals surface area contributed by atoms with Gasteiger partial charge >= 0.3 is 0 Å². The monoisotopic (exact) mass is 487 g/mol. The second-order valence-corrected chi connectivity index (χ2v) is 9.23. The third-order valence-corrected chi connectivity index (χ3v) is 6.98. The number of thiophene rings is 1. The Morgan fingerprint density at radius 2 is 1.60 bits per heavy atom. The molecule has 0 aliphatic heterocycles. The van der Waals surface area contributed by atoms with E-state index in [0.29, 0.717) is 29.1 Å². The van der Waals surface area contributed by atoms with Crippen LogP contribution in [0, 0.1) is 13.8 Å². The first-order valence-electron chi connectivity index (χ1n) is 11.1. The highest BCUT2D eigenvalue weighted by Gasteiger charge is 2.16. The van der Waals surface area contributed by atoms with Gasteiger partial charge in [-0.2, -0.15) is 0 Å². The molecular formula is C26H25N5O3S. The number of fused-ring (bicyclic) bond motifs is 1. The highest BCUT2D eigenvalue weighted by atomic mass is 32.1. The Labute approximate surface area is 207 Å². The first-order chi connectivity index (χ1) is 16.9. The molecule has 0 aliphatic rings. The number of anilines is 1. The van der Waals surface area contributed by atoms with Gasteiger partial charge in [0.25, 0.3) is 0 Å². The van der Waals surface area contributed by atoms with Crippen LogP contribution in [0.25, 0.3) is 32.8 Å². The van der Waals surface area contributed by atoms with E-state index < -0.39 is 0 Å². The SMILES string of the molecule is COc1cc2nc(C)nc(N[C@@H](C)c3ccc(-c4ccc(-c5nnc(C)o5)cc4)s3)c2cc1OC. The molecule has 9 heteroatoms. The van der Waals surface area contributed by atoms with Gasteiger partial charge in [0.2, 0.25) is 11.8 Å². The van der Waals surface area contributed by atoms with Gasteiger partial charge in [0.05, 0.1) is 25.8 Å². The first kappa shape index (κ1) is 22.8. The lowest BCUT2D eigenvalue weighted by Gasteiger charge is -2.16. The summed E-state index contributed by atoms with van der Waals surface area (Å²) in [6, 6.07) is 16.3. The van der Waals surface area contributed by atoms with Gasteiger partial charge in [-0.3, -0.25) is 0 Å². The minimum atomic E-state index is 0.0417. The van der Waals surface area contributed by atoms with E-state index in [1.165, 1.54) is 9.75 Å². The summed E-state index contributed by atoms with van der Waals surface area (Å²) in [5.41, 5.74) is 2.83. The number of aryl methyl sites for hydroxylation is 2. The van der Waals surface area contributed by atoms with E-state index in [1.807, 2.05) is 31.2 Å². The second kappa shape index (κ2) is 9.34. The summed E-state index contributed by atoms with van der Waals surface area (Å²) < 4.78 is 16.4. The standard InChI is InChI=1S/C26H25N5O3S/c1-14(27-25-19-12-21(32-4)22(33-5)13-20(19)28-15(2)29-25)23-10-11-24(35-23)17-6-8-18(9-7-17)26-31-30-16(3)34-26/h6-14H,1-5H3,(H,27,28,29)/t14-/m0/s1. The third-order valence-electron chi connectivity index (χ3n) is 5.66. The van der Waals surface area contributed by atoms with Crippen molar-refractivity contribution >= 4 is 28.1 Å². The van der Waals surface area contributed by atoms with Gasteiger partial charge in [-0.05, 0) is 49.7 Å². The average Bonchev–Trinajstić information content (AvgIpc) is 3.53. The molecule has 1 atom stereocenters. The van der Waals surface area contributed by atoms with Gasteiger partial charge in [0, 0.05) is 33.7 Å². The Hall–Kier alpha value is -3.98. The van der Waals surface area contributed by atoms with Gasteiger partial charge in [0.15, 0.2) is 11.5 Å². The zero-order valence-corrected chi connectivity index (χ0v) is 20.9. The molecule has 178 valence electrons. The van der Waals surface area contributed by atoms with Crippen molar-refractivity contribution in [2.45, 2.75) is 26.8 Å². The number of hydrogen-bond acceptors (Lipinski definition) is 9. The topological polar surface area (TPSA) is 95.2 Å². The lowest BCUT2D eigenvalue weighted by atomic mass is 10.1. The molecule has 3 aromatic heterocycles. The molecule has 0 fully saturated rings. The molecule has 5 aromatic rings. The zero-order valence-electron chi connectivity index (χ0n) is 20.1. The van der Waals surface area contributed by atoms with E-state index in [1.54, 1.807) is 32.5 Å². The number of nitrogens with zero attached hydrogens (tertiary/aromatic N) is 4. The molecule has 2 aromatic carbocycles. The van der Waals surface area contributed by atoms with Crippen molar-refractivity contribution in [3.63, 3.8) is 0 Å². The van der Waals surface area contributed by atoms with E-state index in [2.05, 4.69) is 56.7 Å². The van der Waals surface area contributed by atoms with Crippen LogP contribution in [0.4, 0.5) is 5.82 Å². The molecule has 0 amide bonds. The van der Waals surface area contributed by atoms with Crippen molar-refractivity contribution in [2.24, 2.45) is 0 Å². The maximum absolute atomic E-state index is 5.52. The van der Waals surface area contributed by atoms with E-state index in [9.17, 15) is 0 Å². The van der Waals surface area contributed by atoms with Crippen molar-refractivity contribution in [3.8, 4) is 33.4 Å². The first-order valence-corrected chi connectivity index (χ1v) is 11.9. The van der Waals surface area contributed by atoms with Crippen LogP contribution in [-0.4, -0.2) is 34.4 Å². The Morgan fingerprint density at radius 3 is 2.29 bits per heavy atom. The smallest absolute Gasteiger partial charge is 0.247 e. The number of nitrogens with one attached hydrogen (secondary N) is 1. The summed E-state index contributed by atoms with van der Waals surface area (Å²) in [5.74, 6) is 3.80. The van der Waals surface area contributed by atoms with Crippen molar-refractivity contribution in [2.75, 3.05) is 19.5 Å². The fourth-order valence-corrected chi connectivity index (χ4v) is 4.90. The number of methoxy groups -OCH3 is 2. The Morgan fingerprint density at radius 1 is 0.886 bits per heavy atom. The Bertz CT molecular complexity index is 1490. The molecule has 0 unspecified atom stereocenters. The summed E-state index contributed by atoms with van der Waals surface area (Å²) >= 11 is 1.74. The van der Waals surface area contributed by atoms with E-state index in [-0.39, 0.29) is 6.04 Å². The van der Waals surface area contributed by atoms with Crippen LogP contribution in [0.2, 0.25) is 0 Å². The fraction of sp³-hybridized carbons (Fsp3) is 0.231. The van der Waals surface area contributed by atoms with Crippen LogP contribution in [0.5, 0.6) is 11.5 Å². The van der Waals surface area contributed by atoms with E-state index in [4.69, 9.17) is 13.9 Å². The Balaban J connectivity index is 1.39. The molecule has 0 aliphatic carbocycles. The largest absolute Gasteiger partial charge is 0.493 e. The minimum Gasteiger partial charge on any atom is -0.493 e. The summed E-state index contributed by atoms with van der Waals surface area (Å²) in [7, 11) is 3.24. The van der Waals surface area contributed by atoms with Crippen LogP contribution >= 0.6 is 11.3 Å². The maximum atomic E-state index is 5.52. The number of hydrogen-bond donors (Lipinski definition) is 1. The van der Waals surface area contributed by atoms with Crippen molar-refractivity contribution < 1.29 is 13.9 Å². The van der Waals surface area contributed by atoms with Gasteiger partial charge in [-0.15, -0.1) is 21.5 Å². The third kappa shape index (κ3) is 4.54. The number of aromatic nitrogens is 4. The number of rotatable bonds is 7. The fourth-order valence-electron chi connectivity index (χ4n) is 3.89. The van der Waals surface area contributed by atoms with Gasteiger partial charge in [-0.1, -0.05) is 12.1 Å². The molecule has 3 heterocycles. The van der Waals surface area contributed by atoms with E-state index >= 15 is 0 Å². The average molecular weight is 488 g/mol. The summed E-state index contributed by atoms with van der Waals surface area (Å²) in [5, 5.41) is 12.4. The summed E-state index contributed by atoms with van der Waals surface area (Å²) in [4.78, 5) is 11.6. The maximum Gasteiger partial charge on any atom is 0.247 e. The summed E-state index contributed by atoms with van der Waals surface area (Å²) in [6.45, 7) is 5.79. The predicted octanol–water partition coefficient (Wildman–Crippen LogP) is 6.22. The van der Waals surface area contributed by atoms with Gasteiger partial charge in [0.1, 0.15) is 11.6 Å². The molecule has 0 saturated heterocycles. The predicted molar refractivity (Wildman–Crippen MR) is 137 cm³/mol. The van der Waals surface area contributed by atoms with Gasteiger partial charge < -0.3 is 19.2 Å². The molecular weight excluding hydrogens is 462 g/mol. The highest BCUT2D eigenvalue weighted by Crippen LogP contribution is 2.37. The lowest BCUT2D eigenvalue weighted by Crippen LogP contribution is -2.08. The highest BCUT2D eigenvalue weighted by molar-refractivity contribution is 7.15. The molecule has 1 N–H and O–H groups in total. The van der Waals surface area contributed by atoms with Crippen molar-refractivity contribution in [3.05, 3.63) is 65.1 Å². The molecule has 0 radical (unpaired) electrons. The van der Waals surface area contributed by atoms with Crippen LogP contribution in [-0.2, 0) is 0 Å². The molecule has 5 rings (SSSR count). The minimum absolute atomic E-state index is 0.0417. The van der Waals surface area contributed by atoms with E-state index in [0.717, 1.165) is 27.8 Å². The normalized spacial score (nSPS) is 12.0. The summed E-state index contributed by atoms with van der Waals surface area (Å²) in [6.07, 6.45) is 0. The van der Waals surface area contributed by atoms with Crippen molar-refractivity contribution in [1.82, 2.24) is 20.2 Å². The van der Waals surface area contributed by atoms with Crippen LogP contribution < -0.4 is 14.8 Å². The lowest BCUT2D eigenvalue weighted by molar-refractivity contribution is 0.356. The zero-order chi connectivity index (χ0) is 24.5. The van der Waals surface area contributed by atoms with Crippen LogP contribution in [0.1, 0.15) is 29.6 Å². The molecule has 0 spiro atoms. The molecule has 35 heavy (non-hydrogen) atoms. The van der Waals surface area contributed by atoms with Gasteiger partial charge in [-0.25, -0.2) is 9.97 Å². The Kier molecular flexibility index (Phi) is 6.08. The molecule has 0 bridgehead atoms. The number of ether oxygens (including phenoxy) is 2. The van der Waals surface area contributed by atoms with Crippen LogP contribution in [0.3, 0.4) is 0 Å². The second-order valence-electron chi connectivity index (χ2n) is 8.12. The van der Waals surface area contributed by atoms with Crippen molar-refractivity contribution in [1.29, 1.82) is 0 Å². The van der Waals surface area contributed by atoms with Crippen LogP contribution in [0.15, 0.2) is 52.9 Å². The molecule has 0 saturated carbocycles. The quantitative estimate of drug-likeness (QED) is 0.289.